The van der Waals surface area contributed by atoms with E-state index in [1.165, 1.54) is 18.1 Å². The third-order valence-electron chi connectivity index (χ3n) is 6.03. The number of para-hydroxylation sites is 2. The zero-order chi connectivity index (χ0) is 26.3. The van der Waals surface area contributed by atoms with E-state index in [9.17, 15) is 14.7 Å². The summed E-state index contributed by atoms with van der Waals surface area (Å²) in [6.45, 7) is 3.84. The van der Waals surface area contributed by atoms with Crippen LogP contribution >= 0.6 is 11.6 Å². The van der Waals surface area contributed by atoms with Gasteiger partial charge in [-0.25, -0.2) is 4.98 Å². The van der Waals surface area contributed by atoms with Crippen LogP contribution in [0.25, 0.3) is 16.8 Å². The predicted octanol–water partition coefficient (Wildman–Crippen LogP) is 5.64. The fourth-order valence-electron chi connectivity index (χ4n) is 4.43. The number of rotatable bonds is 6. The van der Waals surface area contributed by atoms with Gasteiger partial charge in [0.15, 0.2) is 0 Å². The SMILES string of the molecule is COc1ccc(Cl)cc1/C(O)=C1\C(=O)C(=O)N(c2nc3ccccc3[nH]2)C1c1ccc(OC(C)C)cc1. The van der Waals surface area contributed by atoms with Gasteiger partial charge in [0.25, 0.3) is 5.78 Å². The molecule has 1 aromatic heterocycles. The lowest BCUT2D eigenvalue weighted by atomic mass is 9.95. The number of ketones is 1. The first-order chi connectivity index (χ1) is 17.8. The molecule has 0 spiro atoms. The van der Waals surface area contributed by atoms with Crippen LogP contribution in [0.4, 0.5) is 5.95 Å². The van der Waals surface area contributed by atoms with Crippen molar-refractivity contribution in [3.8, 4) is 11.5 Å². The fraction of sp³-hybridized carbons (Fsp3) is 0.179. The molecule has 1 aliphatic heterocycles. The van der Waals surface area contributed by atoms with Crippen molar-refractivity contribution in [2.45, 2.75) is 26.0 Å². The number of Topliss-reactive ketones (excluding diaryl/α,β-unsaturated/α-hetero) is 1. The first-order valence-corrected chi connectivity index (χ1v) is 12.0. The van der Waals surface area contributed by atoms with E-state index in [0.29, 0.717) is 33.1 Å². The van der Waals surface area contributed by atoms with Crippen molar-refractivity contribution in [2.75, 3.05) is 12.0 Å². The van der Waals surface area contributed by atoms with Crippen molar-refractivity contribution < 1.29 is 24.2 Å². The average molecular weight is 518 g/mol. The van der Waals surface area contributed by atoms with E-state index in [1.54, 1.807) is 42.5 Å². The zero-order valence-corrected chi connectivity index (χ0v) is 21.1. The number of methoxy groups -OCH3 is 1. The van der Waals surface area contributed by atoms with Gasteiger partial charge < -0.3 is 19.6 Å². The Morgan fingerprint density at radius 2 is 1.81 bits per heavy atom. The summed E-state index contributed by atoms with van der Waals surface area (Å²) < 4.78 is 11.1. The first-order valence-electron chi connectivity index (χ1n) is 11.6. The number of hydrogen-bond acceptors (Lipinski definition) is 6. The highest BCUT2D eigenvalue weighted by atomic mass is 35.5. The number of aromatic amines is 1. The van der Waals surface area contributed by atoms with Crippen molar-refractivity contribution in [3.63, 3.8) is 0 Å². The molecular weight excluding hydrogens is 494 g/mol. The Morgan fingerprint density at radius 1 is 1.08 bits per heavy atom. The van der Waals surface area contributed by atoms with E-state index >= 15 is 0 Å². The Labute approximate surface area is 218 Å². The molecule has 1 atom stereocenters. The Morgan fingerprint density at radius 3 is 2.49 bits per heavy atom. The second-order valence-electron chi connectivity index (χ2n) is 8.83. The maximum atomic E-state index is 13.5. The van der Waals surface area contributed by atoms with E-state index in [1.807, 2.05) is 32.0 Å². The number of amides is 1. The molecule has 0 bridgehead atoms. The summed E-state index contributed by atoms with van der Waals surface area (Å²) in [4.78, 5) is 35.8. The molecular formula is C28H24ClN3O5. The molecule has 1 aliphatic rings. The van der Waals surface area contributed by atoms with Crippen molar-refractivity contribution in [1.29, 1.82) is 0 Å². The lowest BCUT2D eigenvalue weighted by molar-refractivity contribution is -0.132. The maximum absolute atomic E-state index is 13.5. The molecule has 8 nitrogen and oxygen atoms in total. The topological polar surface area (TPSA) is 105 Å². The van der Waals surface area contributed by atoms with E-state index in [-0.39, 0.29) is 23.2 Å². The lowest BCUT2D eigenvalue weighted by Gasteiger charge is -2.23. The molecule has 0 aliphatic carbocycles. The quantitative estimate of drug-likeness (QED) is 0.195. The van der Waals surface area contributed by atoms with Crippen LogP contribution in [0.2, 0.25) is 5.02 Å². The summed E-state index contributed by atoms with van der Waals surface area (Å²) in [5.41, 5.74) is 2.01. The van der Waals surface area contributed by atoms with Crippen molar-refractivity contribution in [2.24, 2.45) is 0 Å². The number of hydrogen-bond donors (Lipinski definition) is 2. The third-order valence-corrected chi connectivity index (χ3v) is 6.27. The maximum Gasteiger partial charge on any atom is 0.302 e. The normalized spacial score (nSPS) is 17.1. The van der Waals surface area contributed by atoms with E-state index < -0.39 is 23.5 Å². The number of imidazole rings is 1. The fourth-order valence-corrected chi connectivity index (χ4v) is 4.60. The number of H-pyrrole nitrogens is 1. The van der Waals surface area contributed by atoms with E-state index in [4.69, 9.17) is 21.1 Å². The van der Waals surface area contributed by atoms with Crippen LogP contribution < -0.4 is 14.4 Å². The Kier molecular flexibility index (Phi) is 6.35. The van der Waals surface area contributed by atoms with Gasteiger partial charge in [-0.1, -0.05) is 35.9 Å². The molecule has 1 unspecified atom stereocenters. The highest BCUT2D eigenvalue weighted by Gasteiger charge is 2.48. The highest BCUT2D eigenvalue weighted by Crippen LogP contribution is 2.43. The van der Waals surface area contributed by atoms with Gasteiger partial charge in [0, 0.05) is 5.02 Å². The third kappa shape index (κ3) is 4.40. The molecule has 1 saturated heterocycles. The number of nitrogens with one attached hydrogen (secondary N) is 1. The molecule has 2 heterocycles. The van der Waals surface area contributed by atoms with Crippen LogP contribution in [0, 0.1) is 0 Å². The summed E-state index contributed by atoms with van der Waals surface area (Å²) in [7, 11) is 1.44. The molecule has 1 amide bonds. The molecule has 1 fully saturated rings. The summed E-state index contributed by atoms with van der Waals surface area (Å²) in [6, 6.07) is 18.0. The van der Waals surface area contributed by atoms with E-state index in [0.717, 1.165) is 0 Å². The van der Waals surface area contributed by atoms with Gasteiger partial charge in [-0.2, -0.15) is 0 Å². The predicted molar refractivity (Wildman–Crippen MR) is 141 cm³/mol. The standard InChI is InChI=1S/C28H24ClN3O5/c1-15(2)37-18-11-8-16(9-12-18)24-23(25(33)19-14-17(29)10-13-22(19)36-3)26(34)27(35)32(24)28-30-20-6-4-5-7-21(20)31-28/h4-15,24,33H,1-3H3,(H,30,31)/b25-23+. The average Bonchev–Trinajstić information content (AvgIpc) is 3.42. The minimum atomic E-state index is -0.975. The zero-order valence-electron chi connectivity index (χ0n) is 20.4. The molecule has 0 saturated carbocycles. The molecule has 188 valence electrons. The largest absolute Gasteiger partial charge is 0.507 e. The Bertz CT molecular complexity index is 1510. The number of aliphatic hydroxyl groups is 1. The van der Waals surface area contributed by atoms with Gasteiger partial charge in [-0.05, 0) is 61.9 Å². The molecule has 37 heavy (non-hydrogen) atoms. The van der Waals surface area contributed by atoms with Crippen molar-refractivity contribution in [1.82, 2.24) is 9.97 Å². The minimum absolute atomic E-state index is 0.0256. The van der Waals surface area contributed by atoms with Gasteiger partial charge in [0.1, 0.15) is 17.3 Å². The van der Waals surface area contributed by atoms with Crippen molar-refractivity contribution >= 4 is 46.0 Å². The molecule has 4 aromatic rings. The summed E-state index contributed by atoms with van der Waals surface area (Å²) in [6.07, 6.45) is -0.0256. The van der Waals surface area contributed by atoms with Crippen LogP contribution in [0.3, 0.4) is 0 Å². The number of carbonyl (C=O) groups is 2. The van der Waals surface area contributed by atoms with Crippen LogP contribution in [-0.2, 0) is 9.59 Å². The molecule has 0 radical (unpaired) electrons. The number of ether oxygens (including phenoxy) is 2. The Hall–Kier alpha value is -4.30. The van der Waals surface area contributed by atoms with Gasteiger partial charge >= 0.3 is 5.91 Å². The number of aliphatic hydroxyl groups excluding tert-OH is 1. The number of carbonyl (C=O) groups excluding carboxylic acids is 2. The highest BCUT2D eigenvalue weighted by molar-refractivity contribution is 6.51. The van der Waals surface area contributed by atoms with Crippen LogP contribution in [0.15, 0.2) is 72.3 Å². The molecule has 9 heteroatoms. The number of halogens is 1. The first kappa shape index (κ1) is 24.4. The number of anilines is 1. The van der Waals surface area contributed by atoms with Gasteiger partial charge in [0.2, 0.25) is 5.95 Å². The van der Waals surface area contributed by atoms with Crippen LogP contribution in [-0.4, -0.2) is 40.0 Å². The number of aromatic nitrogens is 2. The molecule has 2 N–H and O–H groups in total. The second-order valence-corrected chi connectivity index (χ2v) is 9.26. The Balaban J connectivity index is 1.72. The summed E-state index contributed by atoms with van der Waals surface area (Å²) in [5, 5.41) is 11.8. The smallest absolute Gasteiger partial charge is 0.302 e. The number of fused-ring (bicyclic) bond motifs is 1. The number of nitrogens with zero attached hydrogens (tertiary/aromatic N) is 2. The summed E-state index contributed by atoms with van der Waals surface area (Å²) in [5.74, 6) is -0.953. The molecule has 3 aromatic carbocycles. The second kappa shape index (κ2) is 9.63. The number of benzene rings is 3. The summed E-state index contributed by atoms with van der Waals surface area (Å²) >= 11 is 6.19. The van der Waals surface area contributed by atoms with Crippen LogP contribution in [0.5, 0.6) is 11.5 Å². The van der Waals surface area contributed by atoms with Gasteiger partial charge in [0.05, 0.1) is 41.4 Å². The molecule has 5 rings (SSSR count). The van der Waals surface area contributed by atoms with Gasteiger partial charge in [-0.15, -0.1) is 0 Å². The van der Waals surface area contributed by atoms with Gasteiger partial charge in [-0.3, -0.25) is 14.5 Å². The monoisotopic (exact) mass is 517 g/mol. The van der Waals surface area contributed by atoms with E-state index in [2.05, 4.69) is 9.97 Å². The van der Waals surface area contributed by atoms with Crippen molar-refractivity contribution in [3.05, 3.63) is 88.5 Å². The minimum Gasteiger partial charge on any atom is -0.507 e. The lowest BCUT2D eigenvalue weighted by Crippen LogP contribution is -2.30. The van der Waals surface area contributed by atoms with Crippen LogP contribution in [0.1, 0.15) is 31.0 Å².